The van der Waals surface area contributed by atoms with Crippen LogP contribution in [0, 0.1) is 35.5 Å². The summed E-state index contributed by atoms with van der Waals surface area (Å²) in [6, 6.07) is 22.3. The van der Waals surface area contributed by atoms with Crippen molar-refractivity contribution in [2.45, 2.75) is 203 Å². The molecule has 0 aromatic heterocycles. The van der Waals surface area contributed by atoms with Gasteiger partial charge in [0.1, 0.15) is 46.0 Å². The molecular formula is C70H103N5O14. The third-order valence-corrected chi connectivity index (χ3v) is 15.2. The minimum Gasteiger partial charge on any atom is -0.492 e. The molecule has 19 heteroatoms. The van der Waals surface area contributed by atoms with Crippen molar-refractivity contribution in [2.75, 3.05) is 57.7 Å². The van der Waals surface area contributed by atoms with Crippen LogP contribution in [0.5, 0.6) is 5.75 Å². The van der Waals surface area contributed by atoms with Crippen LogP contribution in [0.15, 0.2) is 72.8 Å². The first-order valence-electron chi connectivity index (χ1n) is 31.7. The first-order chi connectivity index (χ1) is 41.1. The molecule has 89 heavy (non-hydrogen) atoms. The fourth-order valence-electron chi connectivity index (χ4n) is 11.4. The van der Waals surface area contributed by atoms with E-state index < -0.39 is 75.7 Å². The van der Waals surface area contributed by atoms with Crippen molar-refractivity contribution in [1.29, 1.82) is 0 Å². The quantitative estimate of drug-likeness (QED) is 0.0875. The molecule has 3 fully saturated rings. The molecule has 3 aromatic carbocycles. The maximum Gasteiger partial charge on any atom is 0.410 e. The van der Waals surface area contributed by atoms with Crippen LogP contribution in [0.2, 0.25) is 0 Å². The zero-order valence-electron chi connectivity index (χ0n) is 56.5. The third kappa shape index (κ3) is 23.7. The second kappa shape index (κ2) is 29.3. The van der Waals surface area contributed by atoms with Gasteiger partial charge in [-0.2, -0.15) is 0 Å². The van der Waals surface area contributed by atoms with E-state index in [-0.39, 0.29) is 55.4 Å². The topological polar surface area (TPSA) is 209 Å². The van der Waals surface area contributed by atoms with Gasteiger partial charge in [0.25, 0.3) is 0 Å². The molecule has 0 bridgehead atoms. The molecule has 3 aromatic rings. The lowest BCUT2D eigenvalue weighted by molar-refractivity contribution is -0.163. The molecule has 1 N–H and O–H groups in total. The predicted molar refractivity (Wildman–Crippen MR) is 341 cm³/mol. The molecule has 3 aliphatic rings. The van der Waals surface area contributed by atoms with Crippen molar-refractivity contribution >= 4 is 47.9 Å². The van der Waals surface area contributed by atoms with E-state index in [4.69, 9.17) is 33.2 Å². The minimum absolute atomic E-state index is 0.0788. The maximum atomic E-state index is 14.9. The molecule has 492 valence electrons. The van der Waals surface area contributed by atoms with Crippen molar-refractivity contribution in [3.63, 3.8) is 0 Å². The number of carbonyl (C=O) groups is 7. The number of rotatable bonds is 19. The van der Waals surface area contributed by atoms with Crippen molar-refractivity contribution < 1.29 is 66.7 Å². The highest BCUT2D eigenvalue weighted by Gasteiger charge is 2.43. The van der Waals surface area contributed by atoms with E-state index in [0.717, 1.165) is 22.3 Å². The highest BCUT2D eigenvalue weighted by Crippen LogP contribution is 2.35. The number of urea groups is 1. The summed E-state index contributed by atoms with van der Waals surface area (Å²) < 4.78 is 41.5. The van der Waals surface area contributed by atoms with E-state index in [0.29, 0.717) is 89.2 Å². The smallest absolute Gasteiger partial charge is 0.410 e. The summed E-state index contributed by atoms with van der Waals surface area (Å²) in [5, 5.41) is 3.12. The first-order valence-corrected chi connectivity index (χ1v) is 31.7. The van der Waals surface area contributed by atoms with Crippen LogP contribution in [0.1, 0.15) is 166 Å². The lowest BCUT2D eigenvalue weighted by Gasteiger charge is -2.28. The number of nitrogens with zero attached hydrogens (tertiary/aromatic N) is 4. The molecular weight excluding hydrogens is 1130 g/mol. The maximum absolute atomic E-state index is 14.9. The average Bonchev–Trinajstić information content (AvgIpc) is 3.22. The molecule has 3 saturated heterocycles. The summed E-state index contributed by atoms with van der Waals surface area (Å²) in [4.78, 5) is 103. The number of carbonyl (C=O) groups excluding carboxylic acids is 7. The van der Waals surface area contributed by atoms with Crippen LogP contribution in [0.3, 0.4) is 0 Å². The molecule has 0 aliphatic carbocycles. The SMILES string of the molecule is CC(C)(C)OC(=O)[C@@H](Cc1cccc(CN(CCOc2cccc(C[C@H](C(=O)OC(C)(C)C)[C@H]3CCN(C(=O)OC(C)(C)C)C3)c2)C(=O)Nc2cccc(C[C@H](C(=O)OC(C)(C)C)[C@H]3CCN(C(=O)OC(C)(C)C)C3)c2)c1)[C@H]1CCN(C(=O)OC(C)(C)C)C1. The van der Waals surface area contributed by atoms with Gasteiger partial charge in [0.05, 0.1) is 24.3 Å². The Kier molecular flexibility index (Phi) is 23.4. The third-order valence-electron chi connectivity index (χ3n) is 15.2. The van der Waals surface area contributed by atoms with Crippen molar-refractivity contribution in [3.05, 3.63) is 95.1 Å². The summed E-state index contributed by atoms with van der Waals surface area (Å²) in [6.45, 7) is 35.6. The first kappa shape index (κ1) is 71.0. The Balaban J connectivity index is 1.25. The van der Waals surface area contributed by atoms with Crippen LogP contribution in [-0.4, -0.2) is 148 Å². The van der Waals surface area contributed by atoms with Gasteiger partial charge in [0, 0.05) is 51.5 Å². The van der Waals surface area contributed by atoms with Gasteiger partial charge in [0.15, 0.2) is 0 Å². The van der Waals surface area contributed by atoms with Crippen LogP contribution >= 0.6 is 0 Å². The molecule has 0 unspecified atom stereocenters. The Morgan fingerprint density at radius 3 is 1.17 bits per heavy atom. The van der Waals surface area contributed by atoms with Crippen LogP contribution in [0.4, 0.5) is 24.9 Å². The highest BCUT2D eigenvalue weighted by atomic mass is 16.6. The Morgan fingerprint density at radius 2 is 0.787 bits per heavy atom. The monoisotopic (exact) mass is 1240 g/mol. The fraction of sp³-hybridized carbons (Fsp3) is 0.643. The van der Waals surface area contributed by atoms with Gasteiger partial charge < -0.3 is 58.1 Å². The van der Waals surface area contributed by atoms with Gasteiger partial charge in [-0.05, 0) is 227 Å². The van der Waals surface area contributed by atoms with Crippen LogP contribution in [0.25, 0.3) is 0 Å². The molecule has 3 heterocycles. The van der Waals surface area contributed by atoms with Gasteiger partial charge in [-0.25, -0.2) is 19.2 Å². The molecule has 0 spiro atoms. The number of anilines is 1. The van der Waals surface area contributed by atoms with Crippen LogP contribution in [-0.2, 0) is 68.6 Å². The number of ether oxygens (including phenoxy) is 7. The van der Waals surface area contributed by atoms with E-state index in [1.54, 1.807) is 25.7 Å². The van der Waals surface area contributed by atoms with E-state index >= 15 is 0 Å². The van der Waals surface area contributed by atoms with Crippen molar-refractivity contribution in [3.8, 4) is 5.75 Å². The van der Waals surface area contributed by atoms with Crippen molar-refractivity contribution in [2.24, 2.45) is 35.5 Å². The Morgan fingerprint density at radius 1 is 0.449 bits per heavy atom. The second-order valence-electron chi connectivity index (χ2n) is 30.3. The normalized spacial score (nSPS) is 18.5. The Hall–Kier alpha value is -7.05. The van der Waals surface area contributed by atoms with Gasteiger partial charge in [-0.1, -0.05) is 48.5 Å². The molecule has 5 amide bonds. The van der Waals surface area contributed by atoms with E-state index in [2.05, 4.69) is 5.32 Å². The zero-order valence-corrected chi connectivity index (χ0v) is 56.5. The molecule has 19 nitrogen and oxygen atoms in total. The molecule has 6 atom stereocenters. The van der Waals surface area contributed by atoms with E-state index in [1.807, 2.05) is 191 Å². The molecule has 0 saturated carbocycles. The fourth-order valence-corrected chi connectivity index (χ4v) is 11.4. The highest BCUT2D eigenvalue weighted by molar-refractivity contribution is 5.89. The lowest BCUT2D eigenvalue weighted by Crippen LogP contribution is -2.38. The number of benzene rings is 3. The number of hydrogen-bond acceptors (Lipinski definition) is 14. The average molecular weight is 1240 g/mol. The zero-order chi connectivity index (χ0) is 66.0. The summed E-state index contributed by atoms with van der Waals surface area (Å²) >= 11 is 0. The van der Waals surface area contributed by atoms with Crippen LogP contribution < -0.4 is 10.1 Å². The number of likely N-dealkylation sites (tertiary alicyclic amines) is 3. The number of hydrogen-bond donors (Lipinski definition) is 1. The van der Waals surface area contributed by atoms with Crippen molar-refractivity contribution in [1.82, 2.24) is 19.6 Å². The standard InChI is InChI=1S/C70H103N5O14/c1-65(2,3)84-58(76)55(50-28-31-73(43-50)62(80)87-68(10,11)12)39-46-22-19-25-49(36-46)42-72(34-35-83-54-27-21-24-48(38-54)41-57(60(78)86-67(7,8)9)52-30-33-75(45-52)64(82)89-70(16,17)18)61(79)71-53-26-20-23-47(37-53)40-56(59(77)85-66(4,5)6)51-29-32-74(44-51)63(81)88-69(13,14)15/h19-27,36-38,50-52,55-57H,28-35,39-45H2,1-18H3,(H,71,79)/t50-,51-,52-,55-,56-,57-/m0/s1. The van der Waals surface area contributed by atoms with E-state index in [9.17, 15) is 33.6 Å². The summed E-state index contributed by atoms with van der Waals surface area (Å²) in [5.74, 6) is -2.85. The van der Waals surface area contributed by atoms with Gasteiger partial charge >= 0.3 is 42.2 Å². The minimum atomic E-state index is -0.750. The molecule has 3 aliphatic heterocycles. The number of amides is 5. The lowest BCUT2D eigenvalue weighted by atomic mass is 9.85. The Bertz CT molecular complexity index is 2940. The summed E-state index contributed by atoms with van der Waals surface area (Å²) in [5.41, 5.74) is -0.480. The van der Waals surface area contributed by atoms with Gasteiger partial charge in [-0.15, -0.1) is 0 Å². The summed E-state index contributed by atoms with van der Waals surface area (Å²) in [7, 11) is 0. The predicted octanol–water partition coefficient (Wildman–Crippen LogP) is 13.1. The molecule has 0 radical (unpaired) electrons. The van der Waals surface area contributed by atoms with E-state index in [1.165, 1.54) is 0 Å². The second-order valence-corrected chi connectivity index (χ2v) is 30.3. The number of esters is 3. The molecule has 6 rings (SSSR count). The summed E-state index contributed by atoms with van der Waals surface area (Å²) in [6.07, 6.45) is 1.48. The number of nitrogens with one attached hydrogen (secondary N) is 1. The Labute approximate surface area is 529 Å². The largest absolute Gasteiger partial charge is 0.492 e. The van der Waals surface area contributed by atoms with Gasteiger partial charge in [0.2, 0.25) is 0 Å². The van der Waals surface area contributed by atoms with Gasteiger partial charge in [-0.3, -0.25) is 14.4 Å².